The summed E-state index contributed by atoms with van der Waals surface area (Å²) in [4.78, 5) is 13.7. The Balaban J connectivity index is 2.38. The van der Waals surface area contributed by atoms with Crippen molar-refractivity contribution >= 4 is 11.7 Å². The third-order valence-electron chi connectivity index (χ3n) is 3.68. The Morgan fingerprint density at radius 3 is 2.14 bits per heavy atom. The van der Waals surface area contributed by atoms with Crippen molar-refractivity contribution in [1.29, 1.82) is 0 Å². The molecule has 3 nitrogen and oxygen atoms in total. The van der Waals surface area contributed by atoms with Crippen LogP contribution in [0.5, 0.6) is 0 Å². The number of carboxylic acid groups (broad SMARTS) is 1. The molecule has 110 valence electrons. The number of para-hydroxylation sites is 1. The molecule has 0 radical (unpaired) electrons. The summed E-state index contributed by atoms with van der Waals surface area (Å²) in [7, 11) is 0. The Kier molecular flexibility index (Phi) is 4.99. The summed E-state index contributed by atoms with van der Waals surface area (Å²) in [6, 6.07) is 16.9. The van der Waals surface area contributed by atoms with E-state index in [-0.39, 0.29) is 0 Å². The van der Waals surface area contributed by atoms with Crippen LogP contribution < -0.4 is 4.90 Å². The van der Waals surface area contributed by atoms with Crippen LogP contribution in [-0.2, 0) is 11.2 Å². The van der Waals surface area contributed by atoms with Crippen molar-refractivity contribution in [2.75, 3.05) is 11.4 Å². The fraction of sp³-hybridized carbons (Fsp3) is 0.278. The van der Waals surface area contributed by atoms with E-state index >= 15 is 0 Å². The van der Waals surface area contributed by atoms with Crippen LogP contribution >= 0.6 is 0 Å². The van der Waals surface area contributed by atoms with E-state index in [0.717, 1.165) is 17.7 Å². The van der Waals surface area contributed by atoms with Crippen LogP contribution in [0.4, 0.5) is 5.69 Å². The maximum Gasteiger partial charge on any atom is 0.331 e. The van der Waals surface area contributed by atoms with Gasteiger partial charge in [-0.2, -0.15) is 0 Å². The first-order valence-corrected chi connectivity index (χ1v) is 7.30. The molecule has 1 unspecified atom stereocenters. The van der Waals surface area contributed by atoms with Gasteiger partial charge < -0.3 is 10.0 Å². The SMILES string of the molecule is CCc1ccc(C(C(=O)O)N(CC)c2ccccc2)cc1. The van der Waals surface area contributed by atoms with Crippen LogP contribution in [0.2, 0.25) is 0 Å². The van der Waals surface area contributed by atoms with Crippen molar-refractivity contribution in [2.24, 2.45) is 0 Å². The largest absolute Gasteiger partial charge is 0.479 e. The summed E-state index contributed by atoms with van der Waals surface area (Å²) in [6.07, 6.45) is 0.953. The van der Waals surface area contributed by atoms with Crippen LogP contribution in [0.15, 0.2) is 54.6 Å². The molecule has 0 aromatic heterocycles. The molecule has 0 aliphatic heterocycles. The lowest BCUT2D eigenvalue weighted by Gasteiger charge is -2.30. The Bertz CT molecular complexity index is 578. The predicted molar refractivity (Wildman–Crippen MR) is 85.7 cm³/mol. The number of hydrogen-bond acceptors (Lipinski definition) is 2. The number of rotatable bonds is 6. The maximum atomic E-state index is 11.8. The van der Waals surface area contributed by atoms with Gasteiger partial charge in [-0.3, -0.25) is 0 Å². The molecule has 1 atom stereocenters. The highest BCUT2D eigenvalue weighted by Gasteiger charge is 2.26. The smallest absolute Gasteiger partial charge is 0.331 e. The zero-order valence-electron chi connectivity index (χ0n) is 12.5. The van der Waals surface area contributed by atoms with Gasteiger partial charge in [-0.1, -0.05) is 49.4 Å². The summed E-state index contributed by atoms with van der Waals surface area (Å²) < 4.78 is 0. The predicted octanol–water partition coefficient (Wildman–Crippen LogP) is 3.90. The van der Waals surface area contributed by atoms with E-state index in [1.54, 1.807) is 0 Å². The molecule has 0 fully saturated rings. The molecule has 0 saturated carbocycles. The second kappa shape index (κ2) is 6.93. The standard InChI is InChI=1S/C18H21NO2/c1-3-14-10-12-15(13-11-14)17(18(20)21)19(4-2)16-8-6-5-7-9-16/h5-13,17H,3-4H2,1-2H3,(H,20,21). The van der Waals surface area contributed by atoms with E-state index in [2.05, 4.69) is 6.92 Å². The Labute approximate surface area is 125 Å². The molecular weight excluding hydrogens is 262 g/mol. The summed E-state index contributed by atoms with van der Waals surface area (Å²) in [6.45, 7) is 4.70. The van der Waals surface area contributed by atoms with Gasteiger partial charge in [0, 0.05) is 12.2 Å². The highest BCUT2D eigenvalue weighted by molar-refractivity contribution is 5.80. The fourth-order valence-corrected chi connectivity index (χ4v) is 2.53. The molecule has 0 aliphatic rings. The van der Waals surface area contributed by atoms with E-state index in [0.29, 0.717) is 6.54 Å². The number of carboxylic acids is 1. The molecule has 21 heavy (non-hydrogen) atoms. The van der Waals surface area contributed by atoms with Gasteiger partial charge in [0.15, 0.2) is 6.04 Å². The van der Waals surface area contributed by atoms with Crippen molar-refractivity contribution in [2.45, 2.75) is 26.3 Å². The molecule has 0 bridgehead atoms. The van der Waals surface area contributed by atoms with Crippen molar-refractivity contribution in [3.63, 3.8) is 0 Å². The third kappa shape index (κ3) is 3.43. The van der Waals surface area contributed by atoms with Gasteiger partial charge in [0.05, 0.1) is 0 Å². The molecule has 0 saturated heterocycles. The van der Waals surface area contributed by atoms with Gasteiger partial charge in [-0.15, -0.1) is 0 Å². The number of carbonyl (C=O) groups is 1. The third-order valence-corrected chi connectivity index (χ3v) is 3.68. The summed E-state index contributed by atoms with van der Waals surface area (Å²) >= 11 is 0. The molecule has 0 aliphatic carbocycles. The Hall–Kier alpha value is -2.29. The molecule has 1 N–H and O–H groups in total. The number of benzene rings is 2. The first-order valence-electron chi connectivity index (χ1n) is 7.30. The minimum atomic E-state index is -0.829. The molecule has 2 aromatic rings. The van der Waals surface area contributed by atoms with Gasteiger partial charge in [-0.25, -0.2) is 4.79 Å². The zero-order chi connectivity index (χ0) is 15.2. The van der Waals surface area contributed by atoms with Gasteiger partial charge in [0.25, 0.3) is 0 Å². The molecular formula is C18H21NO2. The molecule has 0 spiro atoms. The van der Waals surface area contributed by atoms with Crippen molar-refractivity contribution in [1.82, 2.24) is 0 Å². The van der Waals surface area contributed by atoms with Crippen molar-refractivity contribution in [3.8, 4) is 0 Å². The summed E-state index contributed by atoms with van der Waals surface area (Å²) in [5.41, 5.74) is 2.95. The minimum Gasteiger partial charge on any atom is -0.479 e. The van der Waals surface area contributed by atoms with Gasteiger partial charge in [-0.05, 0) is 36.6 Å². The van der Waals surface area contributed by atoms with Crippen molar-refractivity contribution in [3.05, 3.63) is 65.7 Å². The zero-order valence-corrected chi connectivity index (χ0v) is 12.5. The van der Waals surface area contributed by atoms with E-state index in [9.17, 15) is 9.90 Å². The second-order valence-corrected chi connectivity index (χ2v) is 4.96. The number of anilines is 1. The number of aryl methyl sites for hydroxylation is 1. The second-order valence-electron chi connectivity index (χ2n) is 4.96. The number of likely N-dealkylation sites (N-methyl/N-ethyl adjacent to an activating group) is 1. The molecule has 2 aromatic carbocycles. The van der Waals surface area contributed by atoms with Gasteiger partial charge in [0.2, 0.25) is 0 Å². The van der Waals surface area contributed by atoms with E-state index in [1.165, 1.54) is 5.56 Å². The highest BCUT2D eigenvalue weighted by atomic mass is 16.4. The van der Waals surface area contributed by atoms with Crippen LogP contribution in [0.25, 0.3) is 0 Å². The van der Waals surface area contributed by atoms with Crippen LogP contribution in [-0.4, -0.2) is 17.6 Å². The first kappa shape index (κ1) is 15.1. The number of hydrogen-bond donors (Lipinski definition) is 1. The number of aliphatic carboxylic acids is 1. The summed E-state index contributed by atoms with van der Waals surface area (Å²) in [5, 5.41) is 9.67. The molecule has 0 heterocycles. The van der Waals surface area contributed by atoms with Crippen molar-refractivity contribution < 1.29 is 9.90 Å². The Morgan fingerprint density at radius 2 is 1.67 bits per heavy atom. The lowest BCUT2D eigenvalue weighted by atomic mass is 10.0. The van der Waals surface area contributed by atoms with Crippen LogP contribution in [0.1, 0.15) is 31.0 Å². The Morgan fingerprint density at radius 1 is 1.05 bits per heavy atom. The lowest BCUT2D eigenvalue weighted by molar-refractivity contribution is -0.138. The van der Waals surface area contributed by atoms with Gasteiger partial charge in [0.1, 0.15) is 0 Å². The quantitative estimate of drug-likeness (QED) is 0.874. The topological polar surface area (TPSA) is 40.5 Å². The molecule has 3 heteroatoms. The average Bonchev–Trinajstić information content (AvgIpc) is 2.53. The molecule has 0 amide bonds. The number of nitrogens with zero attached hydrogens (tertiary/aromatic N) is 1. The van der Waals surface area contributed by atoms with E-state index < -0.39 is 12.0 Å². The molecule has 2 rings (SSSR count). The monoisotopic (exact) mass is 283 g/mol. The maximum absolute atomic E-state index is 11.8. The van der Waals surface area contributed by atoms with E-state index in [1.807, 2.05) is 66.4 Å². The normalized spacial score (nSPS) is 11.9. The highest BCUT2D eigenvalue weighted by Crippen LogP contribution is 2.27. The summed E-state index contributed by atoms with van der Waals surface area (Å²) in [5.74, 6) is -0.829. The lowest BCUT2D eigenvalue weighted by Crippen LogP contribution is -2.34. The first-order chi connectivity index (χ1) is 10.2. The average molecular weight is 283 g/mol. The van der Waals surface area contributed by atoms with E-state index in [4.69, 9.17) is 0 Å². The van der Waals surface area contributed by atoms with Crippen LogP contribution in [0.3, 0.4) is 0 Å². The van der Waals surface area contributed by atoms with Crippen LogP contribution in [0, 0.1) is 0 Å². The van der Waals surface area contributed by atoms with Gasteiger partial charge >= 0.3 is 5.97 Å². The fourth-order valence-electron chi connectivity index (χ4n) is 2.53. The minimum absolute atomic E-state index is 0.635.